The van der Waals surface area contributed by atoms with Gasteiger partial charge in [-0.1, -0.05) is 12.7 Å². The Labute approximate surface area is 60.4 Å². The summed E-state index contributed by atoms with van der Waals surface area (Å²) in [5.41, 5.74) is 0. The van der Waals surface area contributed by atoms with Crippen LogP contribution in [-0.2, 0) is 0 Å². The van der Waals surface area contributed by atoms with E-state index in [1.54, 1.807) is 0 Å². The lowest BCUT2D eigenvalue weighted by molar-refractivity contribution is 0.493. The van der Waals surface area contributed by atoms with Crippen LogP contribution < -0.4 is 0 Å². The van der Waals surface area contributed by atoms with E-state index in [2.05, 4.69) is 24.6 Å². The Bertz CT molecular complexity index is 140. The van der Waals surface area contributed by atoms with Gasteiger partial charge in [-0.05, 0) is 6.08 Å². The smallest absolute Gasteiger partial charge is 0.0705 e. The third-order valence-electron chi connectivity index (χ3n) is 1.31. The summed E-state index contributed by atoms with van der Waals surface area (Å²) in [5.74, 6) is 1.22. The fourth-order valence-electron chi connectivity index (χ4n) is 0.784. The number of hydrogen-bond acceptors (Lipinski definition) is 2. The van der Waals surface area contributed by atoms with Gasteiger partial charge in [0, 0.05) is 19.3 Å². The summed E-state index contributed by atoms with van der Waals surface area (Å²) in [6.07, 6.45) is 3.89. The largest absolute Gasteiger partial charge is 0.369 e. The third-order valence-corrected chi connectivity index (χ3v) is 2.44. The van der Waals surface area contributed by atoms with Gasteiger partial charge in [-0.2, -0.15) is 0 Å². The van der Waals surface area contributed by atoms with Crippen LogP contribution in [0.15, 0.2) is 23.8 Å². The van der Waals surface area contributed by atoms with Crippen LogP contribution in [0, 0.1) is 0 Å². The molecule has 1 nitrogen and oxygen atoms in total. The molecule has 0 aromatic carbocycles. The monoisotopic (exact) mass is 141 g/mol. The lowest BCUT2D eigenvalue weighted by Crippen LogP contribution is -2.10. The second kappa shape index (κ2) is 2.97. The van der Waals surface area contributed by atoms with Gasteiger partial charge in [0.25, 0.3) is 0 Å². The van der Waals surface area contributed by atoms with E-state index in [4.69, 9.17) is 0 Å². The molecule has 0 spiro atoms. The topological polar surface area (TPSA) is 3.24 Å². The third kappa shape index (κ3) is 1.52. The van der Waals surface area contributed by atoms with Crippen molar-refractivity contribution in [1.82, 2.24) is 4.90 Å². The SMILES string of the molecule is C=CC=C1SCCN1C. The van der Waals surface area contributed by atoms with Crippen LogP contribution in [0.25, 0.3) is 0 Å². The first-order valence-corrected chi connectivity index (χ1v) is 4.00. The first kappa shape index (κ1) is 6.75. The van der Waals surface area contributed by atoms with Crippen molar-refractivity contribution >= 4 is 11.8 Å². The molecule has 2 heteroatoms. The second-order valence-electron chi connectivity index (χ2n) is 2.01. The quantitative estimate of drug-likeness (QED) is 0.546. The summed E-state index contributed by atoms with van der Waals surface area (Å²) >= 11 is 1.89. The maximum absolute atomic E-state index is 3.64. The van der Waals surface area contributed by atoms with Crippen molar-refractivity contribution in [2.24, 2.45) is 0 Å². The van der Waals surface area contributed by atoms with E-state index < -0.39 is 0 Å². The van der Waals surface area contributed by atoms with E-state index in [0.717, 1.165) is 0 Å². The molecular weight excluding hydrogens is 130 g/mol. The molecule has 50 valence electrons. The van der Waals surface area contributed by atoms with Gasteiger partial charge in [-0.15, -0.1) is 11.8 Å². The lowest BCUT2D eigenvalue weighted by Gasteiger charge is -2.09. The highest BCUT2D eigenvalue weighted by Crippen LogP contribution is 2.25. The fraction of sp³-hybridized carbons (Fsp3) is 0.429. The van der Waals surface area contributed by atoms with E-state index in [0.29, 0.717) is 0 Å². The highest BCUT2D eigenvalue weighted by molar-refractivity contribution is 8.03. The van der Waals surface area contributed by atoms with Gasteiger partial charge in [0.05, 0.1) is 5.03 Å². The van der Waals surface area contributed by atoms with Gasteiger partial charge in [0.1, 0.15) is 0 Å². The number of hydrogen-bond donors (Lipinski definition) is 0. The summed E-state index contributed by atoms with van der Waals surface area (Å²) in [6.45, 7) is 4.81. The number of allylic oxidation sites excluding steroid dienone is 2. The van der Waals surface area contributed by atoms with Gasteiger partial charge in [-0.3, -0.25) is 0 Å². The minimum Gasteiger partial charge on any atom is -0.369 e. The van der Waals surface area contributed by atoms with Crippen molar-refractivity contribution in [2.75, 3.05) is 19.3 Å². The summed E-state index contributed by atoms with van der Waals surface area (Å²) < 4.78 is 0. The van der Waals surface area contributed by atoms with Gasteiger partial charge in [-0.25, -0.2) is 0 Å². The molecule has 0 N–H and O–H groups in total. The average molecular weight is 141 g/mol. The summed E-state index contributed by atoms with van der Waals surface area (Å²) in [4.78, 5) is 2.24. The summed E-state index contributed by atoms with van der Waals surface area (Å²) in [7, 11) is 2.11. The molecule has 1 aliphatic rings. The predicted octanol–water partition coefficient (Wildman–Crippen LogP) is 1.69. The molecule has 0 aromatic heterocycles. The zero-order valence-corrected chi connectivity index (χ0v) is 6.45. The van der Waals surface area contributed by atoms with Crippen LogP contribution in [0.3, 0.4) is 0 Å². The van der Waals surface area contributed by atoms with Crippen LogP contribution >= 0.6 is 11.8 Å². The Morgan fingerprint density at radius 3 is 3.00 bits per heavy atom. The van der Waals surface area contributed by atoms with E-state index in [1.165, 1.54) is 17.3 Å². The van der Waals surface area contributed by atoms with Crippen molar-refractivity contribution in [2.45, 2.75) is 0 Å². The maximum Gasteiger partial charge on any atom is 0.0705 e. The van der Waals surface area contributed by atoms with Crippen molar-refractivity contribution < 1.29 is 0 Å². The molecule has 1 saturated heterocycles. The van der Waals surface area contributed by atoms with E-state index in [-0.39, 0.29) is 0 Å². The van der Waals surface area contributed by atoms with Gasteiger partial charge in [0.15, 0.2) is 0 Å². The molecule has 9 heavy (non-hydrogen) atoms. The highest BCUT2D eigenvalue weighted by Gasteiger charge is 2.10. The molecule has 1 aliphatic heterocycles. The molecule has 0 radical (unpaired) electrons. The molecular formula is C7H11NS. The van der Waals surface area contributed by atoms with Crippen molar-refractivity contribution in [3.05, 3.63) is 23.8 Å². The molecule has 0 atom stereocenters. The minimum atomic E-state index is 1.17. The molecule has 0 unspecified atom stereocenters. The molecule has 1 heterocycles. The molecule has 0 aliphatic carbocycles. The standard InChI is InChI=1S/C7H11NS/c1-3-4-7-8(2)5-6-9-7/h3-4H,1,5-6H2,2H3. The lowest BCUT2D eigenvalue weighted by atomic mass is 10.5. The number of nitrogens with zero attached hydrogens (tertiary/aromatic N) is 1. The van der Waals surface area contributed by atoms with Crippen LogP contribution in [-0.4, -0.2) is 24.2 Å². The Balaban J connectivity index is 2.58. The molecule has 0 bridgehead atoms. The number of rotatable bonds is 1. The second-order valence-corrected chi connectivity index (χ2v) is 3.13. The van der Waals surface area contributed by atoms with Crippen LogP contribution in [0.1, 0.15) is 0 Å². The van der Waals surface area contributed by atoms with Crippen LogP contribution in [0.5, 0.6) is 0 Å². The summed E-state index contributed by atoms with van der Waals surface area (Å²) in [5, 5.41) is 1.34. The van der Waals surface area contributed by atoms with E-state index in [1.807, 2.05) is 17.8 Å². The zero-order chi connectivity index (χ0) is 6.69. The first-order valence-electron chi connectivity index (χ1n) is 3.01. The summed E-state index contributed by atoms with van der Waals surface area (Å²) in [6, 6.07) is 0. The van der Waals surface area contributed by atoms with Crippen molar-refractivity contribution in [3.63, 3.8) is 0 Å². The normalized spacial score (nSPS) is 23.2. The maximum atomic E-state index is 3.64. The minimum absolute atomic E-state index is 1.17. The Kier molecular flexibility index (Phi) is 2.22. The van der Waals surface area contributed by atoms with Crippen molar-refractivity contribution in [3.8, 4) is 0 Å². The predicted molar refractivity (Wildman–Crippen MR) is 43.4 cm³/mol. The molecule has 0 saturated carbocycles. The highest BCUT2D eigenvalue weighted by atomic mass is 32.2. The Morgan fingerprint density at radius 2 is 2.56 bits per heavy atom. The van der Waals surface area contributed by atoms with Gasteiger partial charge < -0.3 is 4.90 Å². The van der Waals surface area contributed by atoms with Crippen LogP contribution in [0.2, 0.25) is 0 Å². The van der Waals surface area contributed by atoms with Gasteiger partial charge in [0.2, 0.25) is 0 Å². The number of thioether (sulfide) groups is 1. The Morgan fingerprint density at radius 1 is 1.78 bits per heavy atom. The average Bonchev–Trinajstić information content (AvgIpc) is 2.18. The van der Waals surface area contributed by atoms with Crippen molar-refractivity contribution in [1.29, 1.82) is 0 Å². The van der Waals surface area contributed by atoms with Crippen LogP contribution in [0.4, 0.5) is 0 Å². The molecule has 1 rings (SSSR count). The Hall–Kier alpha value is -0.370. The molecule has 0 aromatic rings. The zero-order valence-electron chi connectivity index (χ0n) is 5.63. The van der Waals surface area contributed by atoms with E-state index in [9.17, 15) is 0 Å². The molecule has 0 amide bonds. The van der Waals surface area contributed by atoms with E-state index >= 15 is 0 Å². The van der Waals surface area contributed by atoms with Gasteiger partial charge >= 0.3 is 0 Å². The fourth-order valence-corrected chi connectivity index (χ4v) is 1.86. The molecule has 1 fully saturated rings. The first-order chi connectivity index (χ1) is 4.34.